The van der Waals surface area contributed by atoms with Crippen molar-refractivity contribution in [1.29, 1.82) is 0 Å². The number of ether oxygens (including phenoxy) is 2. The van der Waals surface area contributed by atoms with Gasteiger partial charge in [0.1, 0.15) is 17.2 Å². The molecule has 0 aromatic heterocycles. The zero-order chi connectivity index (χ0) is 22.2. The molecule has 1 aliphatic rings. The van der Waals surface area contributed by atoms with Crippen molar-refractivity contribution in [3.05, 3.63) is 77.9 Å². The highest BCUT2D eigenvalue weighted by molar-refractivity contribution is 7.89. The predicted molar refractivity (Wildman–Crippen MR) is 117 cm³/mol. The molecule has 0 atom stereocenters. The van der Waals surface area contributed by atoms with Crippen LogP contribution < -0.4 is 14.8 Å². The third kappa shape index (κ3) is 3.75. The number of amides is 1. The molecule has 1 aliphatic heterocycles. The van der Waals surface area contributed by atoms with E-state index in [0.717, 1.165) is 15.4 Å². The van der Waals surface area contributed by atoms with E-state index in [4.69, 9.17) is 9.47 Å². The van der Waals surface area contributed by atoms with Crippen LogP contribution in [0.15, 0.2) is 71.6 Å². The highest BCUT2D eigenvalue weighted by Crippen LogP contribution is 2.44. The van der Waals surface area contributed by atoms with Gasteiger partial charge in [-0.25, -0.2) is 12.7 Å². The third-order valence-corrected chi connectivity index (χ3v) is 6.96. The summed E-state index contributed by atoms with van der Waals surface area (Å²) in [5, 5.41) is 2.86. The van der Waals surface area contributed by atoms with Crippen LogP contribution in [0.1, 0.15) is 17.0 Å². The van der Waals surface area contributed by atoms with Gasteiger partial charge in [-0.2, -0.15) is 0 Å². The molecule has 8 heteroatoms. The number of carbonyl (C=O) groups excluding carboxylic acids is 1. The monoisotopic (exact) mass is 438 g/mol. The number of rotatable bonds is 5. The van der Waals surface area contributed by atoms with Gasteiger partial charge in [-0.05, 0) is 30.3 Å². The average Bonchev–Trinajstić information content (AvgIpc) is 2.77. The van der Waals surface area contributed by atoms with Gasteiger partial charge in [-0.1, -0.05) is 36.4 Å². The summed E-state index contributed by atoms with van der Waals surface area (Å²) in [5.41, 5.74) is 1.74. The normalized spacial score (nSPS) is 13.2. The predicted octanol–water partition coefficient (Wildman–Crippen LogP) is 3.82. The molecule has 0 spiro atoms. The zero-order valence-corrected chi connectivity index (χ0v) is 18.1. The van der Waals surface area contributed by atoms with Gasteiger partial charge in [-0.15, -0.1) is 0 Å². The molecule has 7 nitrogen and oxygen atoms in total. The molecule has 31 heavy (non-hydrogen) atoms. The minimum Gasteiger partial charge on any atom is -0.495 e. The molecule has 0 saturated heterocycles. The van der Waals surface area contributed by atoms with E-state index >= 15 is 0 Å². The number of benzene rings is 3. The van der Waals surface area contributed by atoms with Crippen LogP contribution in [0, 0.1) is 0 Å². The van der Waals surface area contributed by atoms with Crippen molar-refractivity contribution in [3.63, 3.8) is 0 Å². The molecule has 3 aromatic carbocycles. The fraction of sp³-hybridized carbons (Fsp3) is 0.174. The molecule has 0 unspecified atom stereocenters. The van der Waals surface area contributed by atoms with Gasteiger partial charge in [0.15, 0.2) is 0 Å². The lowest BCUT2D eigenvalue weighted by Crippen LogP contribution is -2.26. The Hall–Kier alpha value is -3.36. The number of hydrogen-bond donors (Lipinski definition) is 1. The van der Waals surface area contributed by atoms with Crippen molar-refractivity contribution in [2.75, 3.05) is 26.5 Å². The molecule has 4 rings (SSSR count). The maximum absolute atomic E-state index is 13.5. The van der Waals surface area contributed by atoms with E-state index < -0.39 is 15.9 Å². The van der Waals surface area contributed by atoms with Gasteiger partial charge in [0.25, 0.3) is 0 Å². The maximum atomic E-state index is 13.5. The first-order valence-corrected chi connectivity index (χ1v) is 11.0. The molecule has 1 amide bonds. The molecule has 0 radical (unpaired) electrons. The Morgan fingerprint density at radius 3 is 2.10 bits per heavy atom. The summed E-state index contributed by atoms with van der Waals surface area (Å²) in [6.07, 6.45) is 0. The number of sulfonamides is 1. The first-order valence-electron chi connectivity index (χ1n) is 9.60. The minimum atomic E-state index is -3.68. The van der Waals surface area contributed by atoms with Crippen molar-refractivity contribution in [2.24, 2.45) is 0 Å². The van der Waals surface area contributed by atoms with Crippen LogP contribution in [0.5, 0.6) is 17.2 Å². The van der Waals surface area contributed by atoms with Crippen LogP contribution in [0.3, 0.4) is 0 Å². The number of nitrogens with zero attached hydrogens (tertiary/aromatic N) is 1. The third-order valence-electron chi connectivity index (χ3n) is 5.15. The Morgan fingerprint density at radius 1 is 0.968 bits per heavy atom. The molecule has 1 N–H and O–H groups in total. The Morgan fingerprint density at radius 2 is 1.55 bits per heavy atom. The fourth-order valence-electron chi connectivity index (χ4n) is 3.55. The topological polar surface area (TPSA) is 84.9 Å². The highest BCUT2D eigenvalue weighted by atomic mass is 32.2. The number of fused-ring (bicyclic) bond motifs is 2. The summed E-state index contributed by atoms with van der Waals surface area (Å²) in [6.45, 7) is 0. The lowest BCUT2D eigenvalue weighted by atomic mass is 9.87. The van der Waals surface area contributed by atoms with E-state index in [1.54, 1.807) is 0 Å². The van der Waals surface area contributed by atoms with Gasteiger partial charge in [0, 0.05) is 25.2 Å². The summed E-state index contributed by atoms with van der Waals surface area (Å²) < 4.78 is 37.5. The number of carbonyl (C=O) groups is 1. The Kier molecular flexibility index (Phi) is 5.43. The standard InChI is InChI=1S/C23H22N2O5S/c1-25(2)31(27,28)15-12-13-21(29-3)18(14-15)24-23(26)22-16-8-4-6-10-19(16)30-20-11-7-5-9-17(20)22/h4-14,22H,1-3H3,(H,24,26). The number of hydrogen-bond acceptors (Lipinski definition) is 5. The van der Waals surface area contributed by atoms with Gasteiger partial charge in [0.2, 0.25) is 15.9 Å². The van der Waals surface area contributed by atoms with Crippen LogP contribution in [-0.4, -0.2) is 39.8 Å². The second-order valence-corrected chi connectivity index (χ2v) is 9.40. The molecule has 160 valence electrons. The molecule has 0 bridgehead atoms. The molecule has 0 aliphatic carbocycles. The van der Waals surface area contributed by atoms with Crippen molar-refractivity contribution in [2.45, 2.75) is 10.8 Å². The van der Waals surface area contributed by atoms with E-state index in [2.05, 4.69) is 5.32 Å². The molecule has 0 saturated carbocycles. The van der Waals surface area contributed by atoms with Crippen LogP contribution in [0.2, 0.25) is 0 Å². The smallest absolute Gasteiger partial charge is 0.242 e. The second-order valence-electron chi connectivity index (χ2n) is 7.25. The number of para-hydroxylation sites is 2. The largest absolute Gasteiger partial charge is 0.495 e. The Bertz CT molecular complexity index is 1210. The highest BCUT2D eigenvalue weighted by Gasteiger charge is 2.33. The van der Waals surface area contributed by atoms with Crippen LogP contribution in [0.25, 0.3) is 0 Å². The van der Waals surface area contributed by atoms with Gasteiger partial charge in [-0.3, -0.25) is 4.79 Å². The van der Waals surface area contributed by atoms with Gasteiger partial charge >= 0.3 is 0 Å². The van der Waals surface area contributed by atoms with E-state index in [1.807, 2.05) is 48.5 Å². The van der Waals surface area contributed by atoms with Crippen LogP contribution in [-0.2, 0) is 14.8 Å². The molecule has 3 aromatic rings. The summed E-state index contributed by atoms with van der Waals surface area (Å²) in [7, 11) is 0.691. The maximum Gasteiger partial charge on any atom is 0.242 e. The first-order chi connectivity index (χ1) is 14.8. The number of anilines is 1. The summed E-state index contributed by atoms with van der Waals surface area (Å²) in [6, 6.07) is 19.1. The van der Waals surface area contributed by atoms with Crippen LogP contribution >= 0.6 is 0 Å². The Balaban J connectivity index is 1.76. The van der Waals surface area contributed by atoms with E-state index in [0.29, 0.717) is 17.2 Å². The SMILES string of the molecule is COc1ccc(S(=O)(=O)N(C)C)cc1NC(=O)C1c2ccccc2Oc2ccccc21. The van der Waals surface area contributed by atoms with E-state index in [9.17, 15) is 13.2 Å². The quantitative estimate of drug-likeness (QED) is 0.655. The fourth-order valence-corrected chi connectivity index (χ4v) is 4.48. The average molecular weight is 439 g/mol. The van der Waals surface area contributed by atoms with Crippen molar-refractivity contribution < 1.29 is 22.7 Å². The number of nitrogens with one attached hydrogen (secondary N) is 1. The van der Waals surface area contributed by atoms with Crippen molar-refractivity contribution in [1.82, 2.24) is 4.31 Å². The summed E-state index contributed by atoms with van der Waals surface area (Å²) in [4.78, 5) is 13.5. The molecular weight excluding hydrogens is 416 g/mol. The molecular formula is C23H22N2O5S. The molecule has 1 heterocycles. The van der Waals surface area contributed by atoms with Gasteiger partial charge < -0.3 is 14.8 Å². The molecule has 0 fully saturated rings. The van der Waals surface area contributed by atoms with Crippen molar-refractivity contribution >= 4 is 21.6 Å². The lowest BCUT2D eigenvalue weighted by molar-refractivity contribution is -0.116. The number of methoxy groups -OCH3 is 1. The van der Waals surface area contributed by atoms with E-state index in [-0.39, 0.29) is 16.5 Å². The van der Waals surface area contributed by atoms with Crippen molar-refractivity contribution in [3.8, 4) is 17.2 Å². The zero-order valence-electron chi connectivity index (χ0n) is 17.3. The minimum absolute atomic E-state index is 0.0568. The summed E-state index contributed by atoms with van der Waals surface area (Å²) in [5.74, 6) is 0.634. The second kappa shape index (κ2) is 8.05. The first kappa shape index (κ1) is 20.9. The lowest BCUT2D eigenvalue weighted by Gasteiger charge is -2.27. The van der Waals surface area contributed by atoms with E-state index in [1.165, 1.54) is 39.4 Å². The summed E-state index contributed by atoms with van der Waals surface area (Å²) >= 11 is 0. The van der Waals surface area contributed by atoms with Gasteiger partial charge in [0.05, 0.1) is 23.6 Å². The van der Waals surface area contributed by atoms with Crippen LogP contribution in [0.4, 0.5) is 5.69 Å². The Labute approximate surface area is 181 Å².